The van der Waals surface area contributed by atoms with Crippen LogP contribution in [0.4, 0.5) is 5.00 Å². The molecule has 4 atom stereocenters. The van der Waals surface area contributed by atoms with Crippen molar-refractivity contribution in [1.82, 2.24) is 0 Å². The van der Waals surface area contributed by atoms with E-state index in [0.29, 0.717) is 16.5 Å². The highest BCUT2D eigenvalue weighted by Crippen LogP contribution is 2.52. The van der Waals surface area contributed by atoms with Gasteiger partial charge in [-0.25, -0.2) is 4.90 Å². The minimum absolute atomic E-state index is 0.152. The summed E-state index contributed by atoms with van der Waals surface area (Å²) < 4.78 is 5.82. The van der Waals surface area contributed by atoms with Crippen LogP contribution in [0, 0.1) is 30.1 Å². The normalized spacial score (nSPS) is 27.8. The standard InChI is InChI=1S/C23H22N2O3S/c1-11(2)13-4-6-14(7-5-13)18-12(3)29-23(15(18)10-24)25-21(26)19-16-8-9-17(28-16)20(19)22(25)27/h4-7,11,16-17,19-20H,8-9H2,1-3H3/t16-,17-,19-,20-/m1/s1. The molecule has 0 unspecified atom stereocenters. The van der Waals surface area contributed by atoms with E-state index < -0.39 is 0 Å². The summed E-state index contributed by atoms with van der Waals surface area (Å²) in [5.74, 6) is -0.748. The third-order valence-corrected chi connectivity index (χ3v) is 7.62. The van der Waals surface area contributed by atoms with Crippen LogP contribution in [0.5, 0.6) is 0 Å². The van der Waals surface area contributed by atoms with E-state index in [2.05, 4.69) is 32.0 Å². The zero-order chi connectivity index (χ0) is 20.4. The van der Waals surface area contributed by atoms with Crippen molar-refractivity contribution in [3.63, 3.8) is 0 Å². The van der Waals surface area contributed by atoms with Crippen molar-refractivity contribution in [2.75, 3.05) is 4.90 Å². The third-order valence-electron chi connectivity index (χ3n) is 6.53. The average Bonchev–Trinajstić information content (AvgIpc) is 3.44. The highest BCUT2D eigenvalue weighted by atomic mass is 32.1. The lowest BCUT2D eigenvalue weighted by atomic mass is 9.81. The number of nitrogens with zero attached hydrogens (tertiary/aromatic N) is 2. The van der Waals surface area contributed by atoms with E-state index in [-0.39, 0.29) is 35.9 Å². The largest absolute Gasteiger partial charge is 0.373 e. The lowest BCUT2D eigenvalue weighted by Crippen LogP contribution is -2.34. The number of ether oxygens (including phenoxy) is 1. The summed E-state index contributed by atoms with van der Waals surface area (Å²) in [6.45, 7) is 6.23. The van der Waals surface area contributed by atoms with Gasteiger partial charge in [-0.05, 0) is 36.8 Å². The molecule has 2 aromatic rings. The summed E-state index contributed by atoms with van der Waals surface area (Å²) >= 11 is 1.36. The topological polar surface area (TPSA) is 70.4 Å². The number of imide groups is 1. The SMILES string of the molecule is Cc1sc(N2C(=O)[C@H]3[C@H](C2=O)[C@H]2CC[C@H]3O2)c(C#N)c1-c1ccc(C(C)C)cc1. The second kappa shape index (κ2) is 6.51. The van der Waals surface area contributed by atoms with Gasteiger partial charge in [-0.2, -0.15) is 5.26 Å². The van der Waals surface area contributed by atoms with Crippen LogP contribution >= 0.6 is 11.3 Å². The molecule has 148 valence electrons. The molecule has 0 aliphatic carbocycles. The van der Waals surface area contributed by atoms with Gasteiger partial charge in [-0.1, -0.05) is 38.1 Å². The molecular formula is C23H22N2O3S. The Hall–Kier alpha value is -2.49. The average molecular weight is 407 g/mol. The maximum Gasteiger partial charge on any atom is 0.241 e. The zero-order valence-corrected chi connectivity index (χ0v) is 17.5. The predicted octanol–water partition coefficient (Wildman–Crippen LogP) is 4.39. The minimum Gasteiger partial charge on any atom is -0.373 e. The van der Waals surface area contributed by atoms with E-state index >= 15 is 0 Å². The quantitative estimate of drug-likeness (QED) is 0.709. The number of carbonyl (C=O) groups excluding carboxylic acids is 2. The van der Waals surface area contributed by atoms with E-state index in [1.807, 2.05) is 19.1 Å². The van der Waals surface area contributed by atoms with Crippen molar-refractivity contribution in [3.05, 3.63) is 40.3 Å². The molecule has 5 rings (SSSR count). The van der Waals surface area contributed by atoms with Crippen LogP contribution in [0.2, 0.25) is 0 Å². The fraction of sp³-hybridized carbons (Fsp3) is 0.435. The summed E-state index contributed by atoms with van der Waals surface area (Å²) in [4.78, 5) is 28.5. The van der Waals surface area contributed by atoms with Crippen LogP contribution < -0.4 is 4.90 Å². The molecule has 1 aromatic carbocycles. The number of fused-ring (bicyclic) bond motifs is 5. The number of rotatable bonds is 3. The second-order valence-electron chi connectivity index (χ2n) is 8.46. The molecule has 2 amide bonds. The molecule has 3 saturated heterocycles. The monoisotopic (exact) mass is 406 g/mol. The minimum atomic E-state index is -0.385. The second-order valence-corrected chi connectivity index (χ2v) is 9.66. The van der Waals surface area contributed by atoms with Gasteiger partial charge < -0.3 is 4.74 Å². The van der Waals surface area contributed by atoms with Gasteiger partial charge in [-0.3, -0.25) is 9.59 Å². The van der Waals surface area contributed by atoms with Crippen molar-refractivity contribution < 1.29 is 14.3 Å². The van der Waals surface area contributed by atoms with Crippen LogP contribution in [-0.4, -0.2) is 24.0 Å². The van der Waals surface area contributed by atoms with Gasteiger partial charge in [0.15, 0.2) is 0 Å². The van der Waals surface area contributed by atoms with Crippen molar-refractivity contribution in [2.45, 2.75) is 51.7 Å². The van der Waals surface area contributed by atoms with E-state index in [4.69, 9.17) is 4.74 Å². The fourth-order valence-electron chi connectivity index (χ4n) is 5.09. The van der Waals surface area contributed by atoms with Crippen LogP contribution in [0.1, 0.15) is 48.6 Å². The number of aryl methyl sites for hydroxylation is 1. The molecule has 0 N–H and O–H groups in total. The van der Waals surface area contributed by atoms with E-state index in [0.717, 1.165) is 28.8 Å². The number of thiophene rings is 1. The maximum atomic E-state index is 13.2. The number of nitriles is 1. The summed E-state index contributed by atoms with van der Waals surface area (Å²) in [7, 11) is 0. The number of carbonyl (C=O) groups is 2. The van der Waals surface area contributed by atoms with Gasteiger partial charge in [0.25, 0.3) is 0 Å². The third kappa shape index (κ3) is 2.54. The first-order chi connectivity index (χ1) is 13.9. The number of hydrogen-bond acceptors (Lipinski definition) is 5. The fourth-order valence-corrected chi connectivity index (χ4v) is 6.22. The highest BCUT2D eigenvalue weighted by Gasteiger charge is 2.63. The Morgan fingerprint density at radius 1 is 1.10 bits per heavy atom. The van der Waals surface area contributed by atoms with E-state index in [1.165, 1.54) is 21.8 Å². The van der Waals surface area contributed by atoms with Crippen LogP contribution in [0.3, 0.4) is 0 Å². The summed E-state index contributed by atoms with van der Waals surface area (Å²) in [6, 6.07) is 10.5. The molecule has 4 heterocycles. The number of benzene rings is 1. The Morgan fingerprint density at radius 2 is 1.69 bits per heavy atom. The summed E-state index contributed by atoms with van der Waals surface area (Å²) in [5.41, 5.74) is 3.40. The Bertz CT molecular complexity index is 1040. The van der Waals surface area contributed by atoms with Gasteiger partial charge in [-0.15, -0.1) is 11.3 Å². The first-order valence-electron chi connectivity index (χ1n) is 10.1. The molecule has 3 aliphatic rings. The van der Waals surface area contributed by atoms with Gasteiger partial charge in [0.2, 0.25) is 11.8 Å². The van der Waals surface area contributed by atoms with Crippen LogP contribution in [-0.2, 0) is 14.3 Å². The summed E-state index contributed by atoms with van der Waals surface area (Å²) in [5, 5.41) is 10.4. The predicted molar refractivity (Wildman–Crippen MR) is 111 cm³/mol. The lowest BCUT2D eigenvalue weighted by Gasteiger charge is -2.16. The van der Waals surface area contributed by atoms with Crippen molar-refractivity contribution in [1.29, 1.82) is 5.26 Å². The smallest absolute Gasteiger partial charge is 0.241 e. The molecule has 0 radical (unpaired) electrons. The van der Waals surface area contributed by atoms with Gasteiger partial charge >= 0.3 is 0 Å². The van der Waals surface area contributed by atoms with Gasteiger partial charge in [0, 0.05) is 10.4 Å². The maximum absolute atomic E-state index is 13.2. The molecule has 3 aliphatic heterocycles. The number of anilines is 1. The molecule has 0 saturated carbocycles. The van der Waals surface area contributed by atoms with Gasteiger partial charge in [0.05, 0.1) is 29.6 Å². The zero-order valence-electron chi connectivity index (χ0n) is 16.6. The van der Waals surface area contributed by atoms with Crippen molar-refractivity contribution in [2.24, 2.45) is 11.8 Å². The molecule has 1 aromatic heterocycles. The number of amides is 2. The van der Waals surface area contributed by atoms with Gasteiger partial charge in [0.1, 0.15) is 11.1 Å². The number of hydrogen-bond donors (Lipinski definition) is 0. The lowest BCUT2D eigenvalue weighted by molar-refractivity contribution is -0.124. The molecule has 5 nitrogen and oxygen atoms in total. The highest BCUT2D eigenvalue weighted by molar-refractivity contribution is 7.17. The molecule has 2 bridgehead atoms. The molecule has 3 fully saturated rings. The van der Waals surface area contributed by atoms with E-state index in [9.17, 15) is 14.9 Å². The first-order valence-corrected chi connectivity index (χ1v) is 10.9. The summed E-state index contributed by atoms with van der Waals surface area (Å²) in [6.07, 6.45) is 1.36. The Balaban J connectivity index is 1.57. The molecule has 0 spiro atoms. The molecule has 6 heteroatoms. The molecular weight excluding hydrogens is 384 g/mol. The van der Waals surface area contributed by atoms with E-state index in [1.54, 1.807) is 0 Å². The Morgan fingerprint density at radius 3 is 2.21 bits per heavy atom. The van der Waals surface area contributed by atoms with Crippen LogP contribution in [0.25, 0.3) is 11.1 Å². The Kier molecular flexibility index (Phi) is 4.16. The van der Waals surface area contributed by atoms with Crippen molar-refractivity contribution >= 4 is 28.2 Å². The Labute approximate surface area is 173 Å². The van der Waals surface area contributed by atoms with Crippen LogP contribution in [0.15, 0.2) is 24.3 Å². The molecule has 29 heavy (non-hydrogen) atoms. The van der Waals surface area contributed by atoms with Crippen molar-refractivity contribution in [3.8, 4) is 17.2 Å². The first kappa shape index (κ1) is 18.5.